The van der Waals surface area contributed by atoms with E-state index in [2.05, 4.69) is 53.5 Å². The van der Waals surface area contributed by atoms with Crippen LogP contribution in [-0.2, 0) is 0 Å². The molecular formula is C23H26N4OS. The molecule has 5 nitrogen and oxygen atoms in total. The maximum absolute atomic E-state index is 10.4. The third kappa shape index (κ3) is 3.27. The lowest BCUT2D eigenvalue weighted by Crippen LogP contribution is -2.35. The Morgan fingerprint density at radius 1 is 1.10 bits per heavy atom. The molecule has 29 heavy (non-hydrogen) atoms. The molecule has 0 bridgehead atoms. The van der Waals surface area contributed by atoms with E-state index in [9.17, 15) is 5.11 Å². The molecule has 0 amide bonds. The summed E-state index contributed by atoms with van der Waals surface area (Å²) < 4.78 is 2.11. The van der Waals surface area contributed by atoms with Gasteiger partial charge < -0.3 is 19.9 Å². The van der Waals surface area contributed by atoms with Crippen molar-refractivity contribution in [1.82, 2.24) is 19.8 Å². The molecular weight excluding hydrogens is 380 g/mol. The maximum Gasteiger partial charge on any atom is 0.170 e. The fraction of sp³-hybridized carbons (Fsp3) is 0.304. The highest BCUT2D eigenvalue weighted by Gasteiger charge is 2.42. The Balaban J connectivity index is 1.88. The van der Waals surface area contributed by atoms with E-state index in [1.54, 1.807) is 6.07 Å². The van der Waals surface area contributed by atoms with Gasteiger partial charge in [-0.1, -0.05) is 18.2 Å². The van der Waals surface area contributed by atoms with Gasteiger partial charge in [-0.2, -0.15) is 0 Å². The number of hydrogen-bond donors (Lipinski definition) is 2. The highest BCUT2D eigenvalue weighted by Crippen LogP contribution is 2.42. The molecule has 2 aromatic heterocycles. The molecule has 0 spiro atoms. The molecule has 3 heterocycles. The van der Waals surface area contributed by atoms with Crippen molar-refractivity contribution < 1.29 is 5.11 Å². The van der Waals surface area contributed by atoms with Crippen LogP contribution in [0.25, 0.3) is 5.69 Å². The SMILES string of the molecule is Cc1cc([C@H]2[C@H](c3ccccn3)NC(=S)N2C(C)C)c(C)n1-c1ccccc1O. The molecule has 0 radical (unpaired) electrons. The van der Waals surface area contributed by atoms with Gasteiger partial charge >= 0.3 is 0 Å². The highest BCUT2D eigenvalue weighted by molar-refractivity contribution is 7.80. The second-order valence-corrected chi connectivity index (χ2v) is 8.16. The third-order valence-corrected chi connectivity index (χ3v) is 5.93. The molecule has 3 aromatic rings. The average molecular weight is 407 g/mol. The molecule has 0 unspecified atom stereocenters. The number of para-hydroxylation sites is 2. The van der Waals surface area contributed by atoms with Gasteiger partial charge in [-0.3, -0.25) is 4.98 Å². The first-order valence-electron chi connectivity index (χ1n) is 9.87. The number of aryl methyl sites for hydroxylation is 1. The normalized spacial score (nSPS) is 19.1. The second-order valence-electron chi connectivity index (χ2n) is 7.78. The first kappa shape index (κ1) is 19.5. The quantitative estimate of drug-likeness (QED) is 0.622. The number of aromatic hydroxyl groups is 1. The van der Waals surface area contributed by atoms with Gasteiger partial charge in [-0.15, -0.1) is 0 Å². The van der Waals surface area contributed by atoms with Crippen molar-refractivity contribution in [2.75, 3.05) is 0 Å². The summed E-state index contributed by atoms with van der Waals surface area (Å²) in [6.45, 7) is 8.48. The van der Waals surface area contributed by atoms with Crippen LogP contribution in [0.5, 0.6) is 5.75 Å². The summed E-state index contributed by atoms with van der Waals surface area (Å²) in [5.74, 6) is 0.267. The zero-order valence-electron chi connectivity index (χ0n) is 17.1. The van der Waals surface area contributed by atoms with Crippen molar-refractivity contribution in [2.45, 2.75) is 45.8 Å². The van der Waals surface area contributed by atoms with Crippen LogP contribution in [0.4, 0.5) is 0 Å². The Morgan fingerprint density at radius 3 is 2.48 bits per heavy atom. The predicted molar refractivity (Wildman–Crippen MR) is 119 cm³/mol. The van der Waals surface area contributed by atoms with E-state index in [1.807, 2.05) is 42.6 Å². The monoisotopic (exact) mass is 406 g/mol. The summed E-state index contributed by atoms with van der Waals surface area (Å²) >= 11 is 5.71. The zero-order chi connectivity index (χ0) is 20.7. The zero-order valence-corrected chi connectivity index (χ0v) is 17.9. The van der Waals surface area contributed by atoms with Crippen LogP contribution in [-0.4, -0.2) is 30.7 Å². The number of nitrogens with zero attached hydrogens (tertiary/aromatic N) is 3. The van der Waals surface area contributed by atoms with Gasteiger partial charge in [0.05, 0.1) is 23.5 Å². The van der Waals surface area contributed by atoms with E-state index in [-0.39, 0.29) is 23.9 Å². The first-order valence-corrected chi connectivity index (χ1v) is 10.3. The molecule has 2 N–H and O–H groups in total. The fourth-order valence-corrected chi connectivity index (χ4v) is 4.82. The standard InChI is InChI=1S/C23H26N4OS/c1-14(2)26-22(21(25-23(26)29)18-9-7-8-12-24-18)17-13-15(3)27(16(17)4)19-10-5-6-11-20(19)28/h5-14,21-22,28H,1-4H3,(H,25,29)/t21-,22-/m0/s1. The number of aromatic nitrogens is 2. The number of rotatable bonds is 4. The Morgan fingerprint density at radius 2 is 1.83 bits per heavy atom. The Kier molecular flexibility index (Phi) is 5.04. The molecule has 1 fully saturated rings. The number of phenols is 1. The van der Waals surface area contributed by atoms with Crippen LogP contribution in [0.15, 0.2) is 54.7 Å². The number of pyridine rings is 1. The Labute approximate surface area is 177 Å². The van der Waals surface area contributed by atoms with Gasteiger partial charge in [0.15, 0.2) is 5.11 Å². The molecule has 2 atom stereocenters. The summed E-state index contributed by atoms with van der Waals surface area (Å²) in [6, 6.07) is 15.8. The van der Waals surface area contributed by atoms with Gasteiger partial charge in [0.25, 0.3) is 0 Å². The minimum absolute atomic E-state index is 0.0169. The molecule has 1 aromatic carbocycles. The largest absolute Gasteiger partial charge is 0.506 e. The van der Waals surface area contributed by atoms with E-state index in [4.69, 9.17) is 12.2 Å². The smallest absolute Gasteiger partial charge is 0.170 e. The summed E-state index contributed by atoms with van der Waals surface area (Å²) in [6.07, 6.45) is 1.82. The lowest BCUT2D eigenvalue weighted by Gasteiger charge is -2.31. The molecule has 0 saturated carbocycles. The average Bonchev–Trinajstić information content (AvgIpc) is 3.19. The van der Waals surface area contributed by atoms with Crippen LogP contribution < -0.4 is 5.32 Å². The van der Waals surface area contributed by atoms with Crippen molar-refractivity contribution >= 4 is 17.3 Å². The lowest BCUT2D eigenvalue weighted by atomic mass is 9.96. The highest BCUT2D eigenvalue weighted by atomic mass is 32.1. The van der Waals surface area contributed by atoms with Gasteiger partial charge in [-0.25, -0.2) is 0 Å². The van der Waals surface area contributed by atoms with Crippen molar-refractivity contribution in [3.05, 3.63) is 77.4 Å². The van der Waals surface area contributed by atoms with Gasteiger partial charge in [0.2, 0.25) is 0 Å². The molecule has 1 aliphatic heterocycles. The summed E-state index contributed by atoms with van der Waals surface area (Å²) in [5.41, 5.74) is 5.10. The number of thiocarbonyl (C=S) groups is 1. The summed E-state index contributed by atoms with van der Waals surface area (Å²) in [4.78, 5) is 6.86. The van der Waals surface area contributed by atoms with Gasteiger partial charge in [0, 0.05) is 23.6 Å². The fourth-order valence-electron chi connectivity index (χ4n) is 4.37. The van der Waals surface area contributed by atoms with Crippen LogP contribution in [0.1, 0.15) is 48.6 Å². The second kappa shape index (κ2) is 7.52. The molecule has 6 heteroatoms. The topological polar surface area (TPSA) is 53.3 Å². The third-order valence-electron chi connectivity index (χ3n) is 5.60. The minimum Gasteiger partial charge on any atom is -0.506 e. The number of nitrogens with one attached hydrogen (secondary N) is 1. The lowest BCUT2D eigenvalue weighted by molar-refractivity contribution is 0.269. The van der Waals surface area contributed by atoms with E-state index in [1.165, 1.54) is 5.56 Å². The van der Waals surface area contributed by atoms with Crippen LogP contribution >= 0.6 is 12.2 Å². The Hall–Kier alpha value is -2.86. The number of phenolic OH excluding ortho intramolecular Hbond substituents is 1. The first-order chi connectivity index (χ1) is 13.9. The maximum atomic E-state index is 10.4. The summed E-state index contributed by atoms with van der Waals surface area (Å²) in [5, 5.41) is 14.7. The van der Waals surface area contributed by atoms with Gasteiger partial charge in [-0.05, 0) is 75.8 Å². The summed E-state index contributed by atoms with van der Waals surface area (Å²) in [7, 11) is 0. The van der Waals surface area contributed by atoms with E-state index >= 15 is 0 Å². The number of benzene rings is 1. The van der Waals surface area contributed by atoms with Crippen molar-refractivity contribution in [1.29, 1.82) is 0 Å². The van der Waals surface area contributed by atoms with E-state index in [0.717, 1.165) is 27.9 Å². The van der Waals surface area contributed by atoms with E-state index in [0.29, 0.717) is 0 Å². The molecule has 1 aliphatic rings. The van der Waals surface area contributed by atoms with Crippen molar-refractivity contribution in [3.63, 3.8) is 0 Å². The van der Waals surface area contributed by atoms with Gasteiger partial charge in [0.1, 0.15) is 5.75 Å². The van der Waals surface area contributed by atoms with Crippen LogP contribution in [0.2, 0.25) is 0 Å². The predicted octanol–water partition coefficient (Wildman–Crippen LogP) is 4.58. The van der Waals surface area contributed by atoms with Crippen molar-refractivity contribution in [2.24, 2.45) is 0 Å². The Bertz CT molecular complexity index is 1040. The molecule has 150 valence electrons. The minimum atomic E-state index is -0.0376. The molecule has 1 saturated heterocycles. The van der Waals surface area contributed by atoms with Crippen LogP contribution in [0.3, 0.4) is 0 Å². The molecule has 4 rings (SSSR count). The van der Waals surface area contributed by atoms with Crippen LogP contribution in [0, 0.1) is 13.8 Å². The van der Waals surface area contributed by atoms with Crippen molar-refractivity contribution in [3.8, 4) is 11.4 Å². The van der Waals surface area contributed by atoms with E-state index < -0.39 is 0 Å². The number of hydrogen-bond acceptors (Lipinski definition) is 3. The molecule has 0 aliphatic carbocycles.